The molecule has 0 bridgehead atoms. The van der Waals surface area contributed by atoms with E-state index in [-0.39, 0.29) is 5.91 Å². The van der Waals surface area contributed by atoms with Gasteiger partial charge in [0.2, 0.25) is 5.91 Å². The van der Waals surface area contributed by atoms with Gasteiger partial charge in [0.25, 0.3) is 0 Å². The Labute approximate surface area is 113 Å². The predicted molar refractivity (Wildman–Crippen MR) is 79.0 cm³/mol. The first-order valence-corrected chi connectivity index (χ1v) is 6.35. The molecule has 0 aliphatic carbocycles. The van der Waals surface area contributed by atoms with E-state index in [9.17, 15) is 4.79 Å². The van der Waals surface area contributed by atoms with Crippen LogP contribution in [0.3, 0.4) is 0 Å². The molecule has 3 heteroatoms. The molecule has 0 saturated carbocycles. The van der Waals surface area contributed by atoms with E-state index in [1.807, 2.05) is 49.4 Å². The van der Waals surface area contributed by atoms with Crippen molar-refractivity contribution in [3.63, 3.8) is 0 Å². The fourth-order valence-electron chi connectivity index (χ4n) is 1.94. The topological polar surface area (TPSA) is 55.1 Å². The van der Waals surface area contributed by atoms with Crippen molar-refractivity contribution in [2.45, 2.75) is 19.8 Å². The van der Waals surface area contributed by atoms with E-state index in [4.69, 9.17) is 5.73 Å². The van der Waals surface area contributed by atoms with E-state index in [1.165, 1.54) is 5.56 Å². The average molecular weight is 254 g/mol. The Kier molecular flexibility index (Phi) is 4.18. The molecule has 0 atom stereocenters. The predicted octanol–water partition coefficient (Wildman–Crippen LogP) is 3.15. The maximum Gasteiger partial charge on any atom is 0.224 e. The van der Waals surface area contributed by atoms with E-state index in [1.54, 1.807) is 6.07 Å². The summed E-state index contributed by atoms with van der Waals surface area (Å²) >= 11 is 0. The lowest BCUT2D eigenvalue weighted by molar-refractivity contribution is -0.116. The number of aryl methyl sites for hydroxylation is 2. The molecule has 0 fully saturated rings. The van der Waals surface area contributed by atoms with Crippen molar-refractivity contribution in [1.82, 2.24) is 0 Å². The quantitative estimate of drug-likeness (QED) is 0.823. The van der Waals surface area contributed by atoms with Crippen LogP contribution in [0.15, 0.2) is 48.5 Å². The maximum atomic E-state index is 11.9. The zero-order valence-electron chi connectivity index (χ0n) is 11.0. The molecule has 0 unspecified atom stereocenters. The third-order valence-electron chi connectivity index (χ3n) is 3.01. The highest BCUT2D eigenvalue weighted by Crippen LogP contribution is 2.18. The number of hydrogen-bond acceptors (Lipinski definition) is 2. The van der Waals surface area contributed by atoms with Crippen LogP contribution >= 0.6 is 0 Å². The number of amides is 1. The zero-order chi connectivity index (χ0) is 13.7. The molecular weight excluding hydrogens is 236 g/mol. The summed E-state index contributed by atoms with van der Waals surface area (Å²) in [5.41, 5.74) is 9.37. The monoisotopic (exact) mass is 254 g/mol. The molecule has 0 aliphatic rings. The number of nitrogens with two attached hydrogens (primary N) is 1. The minimum absolute atomic E-state index is 0.0247. The summed E-state index contributed by atoms with van der Waals surface area (Å²) in [4.78, 5) is 11.9. The molecule has 2 rings (SSSR count). The second-order valence-corrected chi connectivity index (χ2v) is 4.61. The molecule has 3 nitrogen and oxygen atoms in total. The Morgan fingerprint density at radius 3 is 2.58 bits per heavy atom. The van der Waals surface area contributed by atoms with E-state index < -0.39 is 0 Å². The van der Waals surface area contributed by atoms with Crippen LogP contribution in [0.1, 0.15) is 17.5 Å². The van der Waals surface area contributed by atoms with Crippen molar-refractivity contribution in [2.75, 3.05) is 11.1 Å². The molecule has 19 heavy (non-hydrogen) atoms. The highest BCUT2D eigenvalue weighted by molar-refractivity contribution is 5.91. The minimum Gasteiger partial charge on any atom is -0.399 e. The molecule has 3 N–H and O–H groups in total. The van der Waals surface area contributed by atoms with Gasteiger partial charge in [0.05, 0.1) is 0 Å². The minimum atomic E-state index is 0.0247. The molecule has 2 aromatic rings. The van der Waals surface area contributed by atoms with Gasteiger partial charge in [-0.1, -0.05) is 30.3 Å². The summed E-state index contributed by atoms with van der Waals surface area (Å²) < 4.78 is 0. The first-order chi connectivity index (χ1) is 9.15. The smallest absolute Gasteiger partial charge is 0.224 e. The lowest BCUT2D eigenvalue weighted by Gasteiger charge is -2.09. The lowest BCUT2D eigenvalue weighted by atomic mass is 10.1. The second kappa shape index (κ2) is 6.05. The fraction of sp³-hybridized carbons (Fsp3) is 0.188. The Bertz CT molecular complexity index is 564. The number of benzene rings is 2. The number of hydrogen-bond donors (Lipinski definition) is 2. The van der Waals surface area contributed by atoms with Gasteiger partial charge in [-0.05, 0) is 42.7 Å². The van der Waals surface area contributed by atoms with Crippen LogP contribution in [-0.4, -0.2) is 5.91 Å². The summed E-state index contributed by atoms with van der Waals surface area (Å²) in [6, 6.07) is 15.5. The number of rotatable bonds is 4. The molecule has 0 spiro atoms. The Hall–Kier alpha value is -2.29. The number of nitrogen functional groups attached to an aromatic ring is 1. The van der Waals surface area contributed by atoms with Gasteiger partial charge in [0.1, 0.15) is 0 Å². The first-order valence-electron chi connectivity index (χ1n) is 6.35. The molecule has 0 radical (unpaired) electrons. The molecular formula is C16H18N2O. The van der Waals surface area contributed by atoms with E-state index in [0.29, 0.717) is 12.1 Å². The Morgan fingerprint density at radius 2 is 1.89 bits per heavy atom. The van der Waals surface area contributed by atoms with Crippen molar-refractivity contribution in [3.8, 4) is 0 Å². The molecule has 1 amide bonds. The van der Waals surface area contributed by atoms with Crippen LogP contribution in [-0.2, 0) is 11.2 Å². The SMILES string of the molecule is Cc1cc(N)ccc1NC(=O)CCc1ccccc1. The third-order valence-corrected chi connectivity index (χ3v) is 3.01. The van der Waals surface area contributed by atoms with E-state index in [0.717, 1.165) is 17.7 Å². The van der Waals surface area contributed by atoms with Gasteiger partial charge >= 0.3 is 0 Å². The van der Waals surface area contributed by atoms with Gasteiger partial charge < -0.3 is 11.1 Å². The van der Waals surface area contributed by atoms with Crippen molar-refractivity contribution in [2.24, 2.45) is 0 Å². The van der Waals surface area contributed by atoms with E-state index in [2.05, 4.69) is 5.32 Å². The number of carbonyl (C=O) groups is 1. The van der Waals surface area contributed by atoms with Crippen LogP contribution in [0.2, 0.25) is 0 Å². The molecule has 98 valence electrons. The highest BCUT2D eigenvalue weighted by Gasteiger charge is 2.05. The van der Waals surface area contributed by atoms with Crippen LogP contribution < -0.4 is 11.1 Å². The highest BCUT2D eigenvalue weighted by atomic mass is 16.1. The zero-order valence-corrected chi connectivity index (χ0v) is 11.0. The summed E-state index contributed by atoms with van der Waals surface area (Å²) in [6.07, 6.45) is 1.23. The number of nitrogens with one attached hydrogen (secondary N) is 1. The van der Waals surface area contributed by atoms with Crippen molar-refractivity contribution in [3.05, 3.63) is 59.7 Å². The first kappa shape index (κ1) is 13.1. The molecule has 2 aromatic carbocycles. The van der Waals surface area contributed by atoms with Gasteiger partial charge in [0, 0.05) is 17.8 Å². The van der Waals surface area contributed by atoms with Gasteiger partial charge in [-0.3, -0.25) is 4.79 Å². The molecule has 0 saturated heterocycles. The van der Waals surface area contributed by atoms with Gasteiger partial charge in [-0.25, -0.2) is 0 Å². The lowest BCUT2D eigenvalue weighted by Crippen LogP contribution is -2.13. The third kappa shape index (κ3) is 3.85. The summed E-state index contributed by atoms with van der Waals surface area (Å²) in [5, 5.41) is 2.91. The molecule has 0 aromatic heterocycles. The fourth-order valence-corrected chi connectivity index (χ4v) is 1.94. The summed E-state index contributed by atoms with van der Waals surface area (Å²) in [7, 11) is 0. The van der Waals surface area contributed by atoms with Crippen molar-refractivity contribution < 1.29 is 4.79 Å². The van der Waals surface area contributed by atoms with Gasteiger partial charge in [-0.2, -0.15) is 0 Å². The van der Waals surface area contributed by atoms with E-state index >= 15 is 0 Å². The summed E-state index contributed by atoms with van der Waals surface area (Å²) in [5.74, 6) is 0.0247. The normalized spacial score (nSPS) is 10.2. The van der Waals surface area contributed by atoms with Crippen LogP contribution in [0.25, 0.3) is 0 Å². The standard InChI is InChI=1S/C16H18N2O/c1-12-11-14(17)8-9-15(12)18-16(19)10-7-13-5-3-2-4-6-13/h2-6,8-9,11H,7,10,17H2,1H3,(H,18,19). The maximum absolute atomic E-state index is 11.9. The summed E-state index contributed by atoms with van der Waals surface area (Å²) in [6.45, 7) is 1.93. The molecule has 0 aliphatic heterocycles. The van der Waals surface area contributed by atoms with Crippen LogP contribution in [0.5, 0.6) is 0 Å². The average Bonchev–Trinajstić information content (AvgIpc) is 2.41. The largest absolute Gasteiger partial charge is 0.399 e. The van der Waals surface area contributed by atoms with Crippen LogP contribution in [0, 0.1) is 6.92 Å². The Balaban J connectivity index is 1.91. The number of anilines is 2. The van der Waals surface area contributed by atoms with Gasteiger partial charge in [-0.15, -0.1) is 0 Å². The van der Waals surface area contributed by atoms with Crippen molar-refractivity contribution >= 4 is 17.3 Å². The Morgan fingerprint density at radius 1 is 1.16 bits per heavy atom. The second-order valence-electron chi connectivity index (χ2n) is 4.61. The van der Waals surface area contributed by atoms with Gasteiger partial charge in [0.15, 0.2) is 0 Å². The van der Waals surface area contributed by atoms with Crippen molar-refractivity contribution in [1.29, 1.82) is 0 Å². The van der Waals surface area contributed by atoms with Crippen LogP contribution in [0.4, 0.5) is 11.4 Å². The molecule has 0 heterocycles. The number of carbonyl (C=O) groups excluding carboxylic acids is 1.